The average Bonchev–Trinajstić information content (AvgIpc) is 2.93. The molecule has 0 atom stereocenters. The fourth-order valence-electron chi connectivity index (χ4n) is 2.44. The maximum Gasteiger partial charge on any atom is 0.188 e. The smallest absolute Gasteiger partial charge is 0.188 e. The van der Waals surface area contributed by atoms with Crippen molar-refractivity contribution in [3.8, 4) is 5.75 Å². The number of pyridine rings is 1. The van der Waals surface area contributed by atoms with E-state index in [9.17, 15) is 0 Å². The van der Waals surface area contributed by atoms with Gasteiger partial charge in [-0.2, -0.15) is 4.80 Å². The minimum atomic E-state index is 0.748. The number of anilines is 1. The molecule has 0 amide bonds. The van der Waals surface area contributed by atoms with Crippen LogP contribution in [-0.4, -0.2) is 63.4 Å². The van der Waals surface area contributed by atoms with E-state index < -0.39 is 0 Å². The average molecular weight is 289 g/mol. The summed E-state index contributed by atoms with van der Waals surface area (Å²) < 4.78 is 5.22. The first-order valence-corrected chi connectivity index (χ1v) is 6.94. The summed E-state index contributed by atoms with van der Waals surface area (Å²) in [7, 11) is 3.44. The van der Waals surface area contributed by atoms with Crippen molar-refractivity contribution in [1.82, 2.24) is 30.1 Å². The van der Waals surface area contributed by atoms with Crippen molar-refractivity contribution in [3.05, 3.63) is 24.3 Å². The van der Waals surface area contributed by atoms with Gasteiger partial charge in [0, 0.05) is 32.2 Å². The topological polar surface area (TPSA) is 72.2 Å². The van der Waals surface area contributed by atoms with Gasteiger partial charge in [0.05, 0.1) is 38.8 Å². The molecule has 8 heteroatoms. The van der Waals surface area contributed by atoms with Gasteiger partial charge in [-0.15, -0.1) is 10.2 Å². The third-order valence-electron chi connectivity index (χ3n) is 3.59. The summed E-state index contributed by atoms with van der Waals surface area (Å²) in [5.74, 6) is 1.56. The second kappa shape index (κ2) is 6.04. The van der Waals surface area contributed by atoms with E-state index in [1.165, 1.54) is 4.80 Å². The Kier molecular flexibility index (Phi) is 3.96. The highest BCUT2D eigenvalue weighted by atomic mass is 16.5. The Morgan fingerprint density at radius 1 is 1.19 bits per heavy atom. The SMILES string of the molecule is COc1cncc(N2CCN(Cc3nnn(C)n3)CC2)c1. The zero-order chi connectivity index (χ0) is 14.7. The second-order valence-electron chi connectivity index (χ2n) is 5.04. The van der Waals surface area contributed by atoms with E-state index in [2.05, 4.69) is 30.2 Å². The van der Waals surface area contributed by atoms with Gasteiger partial charge in [0.2, 0.25) is 0 Å². The van der Waals surface area contributed by atoms with E-state index in [0.29, 0.717) is 0 Å². The lowest BCUT2D eigenvalue weighted by Gasteiger charge is -2.35. The number of hydrogen-bond donors (Lipinski definition) is 0. The Hall–Kier alpha value is -2.22. The minimum absolute atomic E-state index is 0.748. The molecule has 0 aromatic carbocycles. The summed E-state index contributed by atoms with van der Waals surface area (Å²) in [6.45, 7) is 4.59. The number of rotatable bonds is 4. The number of ether oxygens (including phenoxy) is 1. The molecule has 0 aliphatic carbocycles. The van der Waals surface area contributed by atoms with Crippen LogP contribution in [0.2, 0.25) is 0 Å². The molecule has 21 heavy (non-hydrogen) atoms. The van der Waals surface area contributed by atoms with Gasteiger partial charge in [-0.05, 0) is 5.21 Å². The van der Waals surface area contributed by atoms with Crippen LogP contribution in [0.4, 0.5) is 5.69 Å². The molecule has 0 N–H and O–H groups in total. The summed E-state index contributed by atoms with van der Waals surface area (Å²) in [5.41, 5.74) is 1.10. The highest BCUT2D eigenvalue weighted by Gasteiger charge is 2.19. The normalized spacial score (nSPS) is 16.2. The lowest BCUT2D eigenvalue weighted by Crippen LogP contribution is -2.46. The number of aryl methyl sites for hydroxylation is 1. The van der Waals surface area contributed by atoms with Crippen molar-refractivity contribution in [2.45, 2.75) is 6.54 Å². The number of piperazine rings is 1. The van der Waals surface area contributed by atoms with Gasteiger partial charge in [-0.1, -0.05) is 0 Å². The molecule has 1 aliphatic heterocycles. The third kappa shape index (κ3) is 3.27. The van der Waals surface area contributed by atoms with Crippen LogP contribution in [0.1, 0.15) is 5.82 Å². The maximum atomic E-state index is 5.22. The minimum Gasteiger partial charge on any atom is -0.495 e. The van der Waals surface area contributed by atoms with E-state index in [1.54, 1.807) is 20.4 Å². The van der Waals surface area contributed by atoms with Gasteiger partial charge in [0.25, 0.3) is 0 Å². The maximum absolute atomic E-state index is 5.22. The molecule has 0 bridgehead atoms. The third-order valence-corrected chi connectivity index (χ3v) is 3.59. The zero-order valence-corrected chi connectivity index (χ0v) is 12.3. The molecule has 1 saturated heterocycles. The molecule has 2 aromatic heterocycles. The monoisotopic (exact) mass is 289 g/mol. The Morgan fingerprint density at radius 3 is 2.67 bits per heavy atom. The van der Waals surface area contributed by atoms with Gasteiger partial charge in [-0.25, -0.2) is 0 Å². The highest BCUT2D eigenvalue weighted by Crippen LogP contribution is 2.20. The van der Waals surface area contributed by atoms with Crippen molar-refractivity contribution in [2.24, 2.45) is 7.05 Å². The second-order valence-corrected chi connectivity index (χ2v) is 5.04. The van der Waals surface area contributed by atoms with E-state index in [4.69, 9.17) is 4.74 Å². The Balaban J connectivity index is 1.57. The quantitative estimate of drug-likeness (QED) is 0.780. The summed E-state index contributed by atoms with van der Waals surface area (Å²) in [4.78, 5) is 10.4. The summed E-state index contributed by atoms with van der Waals surface area (Å²) in [6, 6.07) is 2.02. The van der Waals surface area contributed by atoms with Gasteiger partial charge < -0.3 is 9.64 Å². The molecule has 1 aliphatic rings. The summed E-state index contributed by atoms with van der Waals surface area (Å²) in [6.07, 6.45) is 3.60. The number of tetrazole rings is 1. The zero-order valence-electron chi connectivity index (χ0n) is 12.3. The molecule has 8 nitrogen and oxygen atoms in total. The van der Waals surface area contributed by atoms with Gasteiger partial charge in [0.1, 0.15) is 5.75 Å². The highest BCUT2D eigenvalue weighted by molar-refractivity contribution is 5.48. The molecule has 1 fully saturated rings. The van der Waals surface area contributed by atoms with Crippen LogP contribution >= 0.6 is 0 Å². The van der Waals surface area contributed by atoms with E-state index in [1.807, 2.05) is 12.3 Å². The molecule has 112 valence electrons. The van der Waals surface area contributed by atoms with Crippen molar-refractivity contribution in [2.75, 3.05) is 38.2 Å². The Bertz CT molecular complexity index is 592. The molecule has 0 saturated carbocycles. The first-order chi connectivity index (χ1) is 10.2. The van der Waals surface area contributed by atoms with Crippen molar-refractivity contribution >= 4 is 5.69 Å². The van der Waals surface area contributed by atoms with Gasteiger partial charge >= 0.3 is 0 Å². The van der Waals surface area contributed by atoms with Crippen molar-refractivity contribution in [1.29, 1.82) is 0 Å². The lowest BCUT2D eigenvalue weighted by molar-refractivity contribution is 0.243. The number of hydrogen-bond acceptors (Lipinski definition) is 7. The van der Waals surface area contributed by atoms with Crippen LogP contribution < -0.4 is 9.64 Å². The fraction of sp³-hybridized carbons (Fsp3) is 0.538. The summed E-state index contributed by atoms with van der Waals surface area (Å²) in [5, 5.41) is 12.1. The Morgan fingerprint density at radius 2 is 2.00 bits per heavy atom. The first kappa shape index (κ1) is 13.7. The van der Waals surface area contributed by atoms with Crippen molar-refractivity contribution in [3.63, 3.8) is 0 Å². The molecule has 0 unspecified atom stereocenters. The van der Waals surface area contributed by atoms with Crippen LogP contribution in [0.25, 0.3) is 0 Å². The van der Waals surface area contributed by atoms with Crippen LogP contribution in [0.5, 0.6) is 5.75 Å². The number of aromatic nitrogens is 5. The van der Waals surface area contributed by atoms with Crippen LogP contribution in [0, 0.1) is 0 Å². The van der Waals surface area contributed by atoms with E-state index >= 15 is 0 Å². The lowest BCUT2D eigenvalue weighted by atomic mass is 10.2. The standard InChI is InChI=1S/C13H19N7O/c1-18-16-13(15-17-18)10-19-3-5-20(6-4-19)11-7-12(21-2)9-14-8-11/h7-9H,3-6,10H2,1-2H3. The predicted octanol–water partition coefficient (Wildman–Crippen LogP) is -0.0641. The number of nitrogens with zero attached hydrogens (tertiary/aromatic N) is 7. The Labute approximate surface area is 123 Å². The predicted molar refractivity (Wildman–Crippen MR) is 77.1 cm³/mol. The van der Waals surface area contributed by atoms with E-state index in [0.717, 1.165) is 50.0 Å². The molecule has 2 aromatic rings. The number of methoxy groups -OCH3 is 1. The van der Waals surface area contributed by atoms with Crippen LogP contribution in [0.3, 0.4) is 0 Å². The first-order valence-electron chi connectivity index (χ1n) is 6.94. The van der Waals surface area contributed by atoms with Gasteiger partial charge in [-0.3, -0.25) is 9.88 Å². The summed E-state index contributed by atoms with van der Waals surface area (Å²) >= 11 is 0. The molecule has 3 heterocycles. The van der Waals surface area contributed by atoms with E-state index in [-0.39, 0.29) is 0 Å². The molecular weight excluding hydrogens is 270 g/mol. The molecule has 0 spiro atoms. The van der Waals surface area contributed by atoms with Crippen LogP contribution in [-0.2, 0) is 13.6 Å². The largest absolute Gasteiger partial charge is 0.495 e. The molecular formula is C13H19N7O. The molecule has 3 rings (SSSR count). The fourth-order valence-corrected chi connectivity index (χ4v) is 2.44. The van der Waals surface area contributed by atoms with Crippen LogP contribution in [0.15, 0.2) is 18.5 Å². The van der Waals surface area contributed by atoms with Gasteiger partial charge in [0.15, 0.2) is 5.82 Å². The molecule has 0 radical (unpaired) electrons. The van der Waals surface area contributed by atoms with Crippen molar-refractivity contribution < 1.29 is 4.74 Å².